The van der Waals surface area contributed by atoms with Gasteiger partial charge in [0.1, 0.15) is 5.92 Å². The number of ketones is 1. The highest BCUT2D eigenvalue weighted by molar-refractivity contribution is 7.98. The molecule has 1 aliphatic carbocycles. The van der Waals surface area contributed by atoms with Crippen LogP contribution >= 0.6 is 11.8 Å². The number of fused-ring (bicyclic) bond motifs is 4. The van der Waals surface area contributed by atoms with Crippen molar-refractivity contribution in [2.24, 2.45) is 5.92 Å². The van der Waals surface area contributed by atoms with Gasteiger partial charge in [0.05, 0.1) is 12.6 Å². The predicted octanol–water partition coefficient (Wildman–Crippen LogP) is 6.04. The molecule has 3 aromatic carbocycles. The maximum atomic E-state index is 14.6. The molecule has 3 aliphatic rings. The van der Waals surface area contributed by atoms with Gasteiger partial charge in [0, 0.05) is 45.3 Å². The van der Waals surface area contributed by atoms with Crippen molar-refractivity contribution in [2.75, 3.05) is 25.5 Å². The number of hydrogen-bond acceptors (Lipinski definition) is 8. The van der Waals surface area contributed by atoms with Gasteiger partial charge in [0.2, 0.25) is 6.79 Å². The van der Waals surface area contributed by atoms with Crippen LogP contribution in [0.15, 0.2) is 89.1 Å². The van der Waals surface area contributed by atoms with E-state index >= 15 is 0 Å². The maximum Gasteiger partial charge on any atom is 0.317 e. The Kier molecular flexibility index (Phi) is 6.00. The molecule has 1 aromatic heterocycles. The fourth-order valence-corrected chi connectivity index (χ4v) is 6.67. The largest absolute Gasteiger partial charge is 0.468 e. The summed E-state index contributed by atoms with van der Waals surface area (Å²) in [6.45, 7) is 0.149. The summed E-state index contributed by atoms with van der Waals surface area (Å²) in [5.41, 5.74) is 6.02. The number of ether oxygens (including phenoxy) is 3. The fraction of sp³-hybridized carbons (Fsp3) is 0.219. The summed E-state index contributed by atoms with van der Waals surface area (Å²) in [5.74, 6) is -1.29. The van der Waals surface area contributed by atoms with Gasteiger partial charge in [-0.05, 0) is 71.8 Å². The van der Waals surface area contributed by atoms with E-state index in [1.54, 1.807) is 18.0 Å². The van der Waals surface area contributed by atoms with Crippen molar-refractivity contribution in [1.82, 2.24) is 4.98 Å². The molecule has 3 unspecified atom stereocenters. The van der Waals surface area contributed by atoms with Gasteiger partial charge in [-0.1, -0.05) is 24.3 Å². The lowest BCUT2D eigenvalue weighted by atomic mass is 9.67. The van der Waals surface area contributed by atoms with Gasteiger partial charge in [-0.2, -0.15) is 0 Å². The van der Waals surface area contributed by atoms with Crippen molar-refractivity contribution in [3.8, 4) is 11.5 Å². The number of aromatic nitrogens is 1. The molecule has 0 radical (unpaired) electrons. The van der Waals surface area contributed by atoms with Crippen molar-refractivity contribution in [3.05, 3.63) is 101 Å². The molecular weight excluding hydrogens is 524 g/mol. The molecule has 0 saturated heterocycles. The van der Waals surface area contributed by atoms with E-state index in [9.17, 15) is 9.59 Å². The number of allylic oxidation sites excluding steroid dienone is 2. The van der Waals surface area contributed by atoms with Gasteiger partial charge in [-0.25, -0.2) is 0 Å². The number of methoxy groups -OCH3 is 1. The zero-order valence-electron chi connectivity index (χ0n) is 22.0. The van der Waals surface area contributed by atoms with E-state index in [2.05, 4.69) is 34.6 Å². The van der Waals surface area contributed by atoms with Crippen LogP contribution in [-0.2, 0) is 14.3 Å². The third-order valence-corrected chi connectivity index (χ3v) is 8.86. The van der Waals surface area contributed by atoms with Gasteiger partial charge in [0.25, 0.3) is 0 Å². The first-order chi connectivity index (χ1) is 19.6. The summed E-state index contributed by atoms with van der Waals surface area (Å²) in [5, 5.41) is 4.56. The van der Waals surface area contributed by atoms with E-state index < -0.39 is 17.8 Å². The van der Waals surface area contributed by atoms with Crippen LogP contribution < -0.4 is 14.8 Å². The average molecular weight is 551 g/mol. The lowest BCUT2D eigenvalue weighted by molar-refractivity contribution is -0.149. The number of thioether (sulfide) groups is 1. The Balaban J connectivity index is 1.43. The third-order valence-electron chi connectivity index (χ3n) is 8.12. The molecule has 0 bridgehead atoms. The third kappa shape index (κ3) is 3.85. The molecule has 200 valence electrons. The smallest absolute Gasteiger partial charge is 0.317 e. The molecule has 7 nitrogen and oxygen atoms in total. The van der Waals surface area contributed by atoms with Crippen LogP contribution in [0.1, 0.15) is 34.9 Å². The summed E-state index contributed by atoms with van der Waals surface area (Å²) in [7, 11) is 1.34. The molecule has 0 spiro atoms. The van der Waals surface area contributed by atoms with Crippen molar-refractivity contribution >= 4 is 40.1 Å². The molecule has 4 aromatic rings. The van der Waals surface area contributed by atoms with Crippen LogP contribution in [0, 0.1) is 5.92 Å². The van der Waals surface area contributed by atoms with E-state index in [-0.39, 0.29) is 18.5 Å². The molecule has 0 fully saturated rings. The van der Waals surface area contributed by atoms with Gasteiger partial charge in [-0.3, -0.25) is 14.6 Å². The Bertz CT molecular complexity index is 1710. The molecule has 1 N–H and O–H groups in total. The van der Waals surface area contributed by atoms with E-state index in [0.29, 0.717) is 23.5 Å². The van der Waals surface area contributed by atoms with Gasteiger partial charge in [-0.15, -0.1) is 11.8 Å². The number of pyridine rings is 1. The van der Waals surface area contributed by atoms with E-state index in [1.165, 1.54) is 7.11 Å². The topological polar surface area (TPSA) is 86.8 Å². The van der Waals surface area contributed by atoms with Crippen LogP contribution in [0.25, 0.3) is 10.9 Å². The summed E-state index contributed by atoms with van der Waals surface area (Å²) in [6, 6.07) is 21.9. The number of esters is 1. The highest BCUT2D eigenvalue weighted by atomic mass is 32.2. The van der Waals surface area contributed by atoms with Crippen LogP contribution in [0.4, 0.5) is 5.69 Å². The molecular formula is C32H26N2O5S. The van der Waals surface area contributed by atoms with Crippen molar-refractivity contribution in [2.45, 2.75) is 23.2 Å². The monoisotopic (exact) mass is 550 g/mol. The maximum absolute atomic E-state index is 14.6. The van der Waals surface area contributed by atoms with E-state index in [4.69, 9.17) is 14.2 Å². The Morgan fingerprint density at radius 3 is 2.62 bits per heavy atom. The Labute approximate surface area is 235 Å². The molecule has 40 heavy (non-hydrogen) atoms. The normalized spacial score (nSPS) is 21.1. The zero-order chi connectivity index (χ0) is 27.4. The van der Waals surface area contributed by atoms with E-state index in [1.807, 2.05) is 48.7 Å². The predicted molar refractivity (Wildman–Crippen MR) is 153 cm³/mol. The molecule has 0 amide bonds. The molecule has 7 rings (SSSR count). The second-order valence-electron chi connectivity index (χ2n) is 10.1. The highest BCUT2D eigenvalue weighted by Gasteiger charge is 2.48. The van der Waals surface area contributed by atoms with E-state index in [0.717, 1.165) is 43.9 Å². The molecule has 8 heteroatoms. The summed E-state index contributed by atoms with van der Waals surface area (Å²) < 4.78 is 16.3. The molecule has 2 aliphatic heterocycles. The Hall–Kier alpha value is -4.30. The van der Waals surface area contributed by atoms with Crippen molar-refractivity contribution in [1.29, 1.82) is 0 Å². The number of nitrogens with one attached hydrogen (secondary N) is 1. The number of anilines is 1. The fourth-order valence-electron chi connectivity index (χ4n) is 6.27. The molecule has 0 saturated carbocycles. The first-order valence-corrected chi connectivity index (χ1v) is 14.3. The molecule has 3 heterocycles. The van der Waals surface area contributed by atoms with Crippen molar-refractivity contribution < 1.29 is 23.8 Å². The lowest BCUT2D eigenvalue weighted by Gasteiger charge is -2.39. The van der Waals surface area contributed by atoms with Crippen LogP contribution in [-0.4, -0.2) is 36.9 Å². The second-order valence-corrected chi connectivity index (χ2v) is 11.0. The number of carbonyl (C=O) groups is 2. The quantitative estimate of drug-likeness (QED) is 0.187. The van der Waals surface area contributed by atoms with Gasteiger partial charge >= 0.3 is 5.97 Å². The van der Waals surface area contributed by atoms with Gasteiger partial charge < -0.3 is 19.5 Å². The number of nitrogens with zero attached hydrogens (tertiary/aromatic N) is 1. The highest BCUT2D eigenvalue weighted by Crippen LogP contribution is 2.52. The minimum atomic E-state index is -0.992. The number of carbonyl (C=O) groups excluding carboxylic acids is 2. The molecule has 3 atom stereocenters. The van der Waals surface area contributed by atoms with Crippen LogP contribution in [0.3, 0.4) is 0 Å². The number of rotatable bonds is 4. The summed E-state index contributed by atoms with van der Waals surface area (Å²) in [6.07, 6.45) is 4.27. The first kappa shape index (κ1) is 24.7. The van der Waals surface area contributed by atoms with Crippen LogP contribution in [0.2, 0.25) is 0 Å². The van der Waals surface area contributed by atoms with Crippen molar-refractivity contribution in [3.63, 3.8) is 0 Å². The summed E-state index contributed by atoms with van der Waals surface area (Å²) >= 11 is 1.67. The van der Waals surface area contributed by atoms with Gasteiger partial charge in [0.15, 0.2) is 17.3 Å². The summed E-state index contributed by atoms with van der Waals surface area (Å²) in [4.78, 5) is 33.6. The minimum absolute atomic E-state index is 0.149. The Morgan fingerprint density at radius 1 is 1.02 bits per heavy atom. The van der Waals surface area contributed by atoms with Crippen LogP contribution in [0.5, 0.6) is 11.5 Å². The second kappa shape index (κ2) is 9.71. The number of Topliss-reactive ketones (excluding diaryl/α,β-unsaturated/α-hetero) is 1. The minimum Gasteiger partial charge on any atom is -0.468 e. The Morgan fingerprint density at radius 2 is 1.82 bits per heavy atom. The zero-order valence-corrected chi connectivity index (χ0v) is 22.8. The average Bonchev–Trinajstić information content (AvgIpc) is 3.47. The standard InChI is InChI=1S/C32H26N2O5S/c1-37-32(36)29-21(18-7-12-25-26(14-18)39-16-38-25)15-24-30(31(29)35)27(17-5-8-19(40-2)9-6-17)28-20-4-3-13-33-22(20)10-11-23(28)34-24/h3-14,21,27,29,34H,15-16H2,1-2H3. The number of benzene rings is 3. The lowest BCUT2D eigenvalue weighted by Crippen LogP contribution is -2.40. The first-order valence-electron chi connectivity index (χ1n) is 13.1. The SMILES string of the molecule is COC(=O)C1C(=O)C2=C(CC1c1ccc3c(c1)OCO3)Nc1ccc3ncccc3c1C2c1ccc(SC)cc1. The number of hydrogen-bond donors (Lipinski definition) is 1.